The largest absolute Gasteiger partial charge is 0.374 e. The van der Waals surface area contributed by atoms with Crippen LogP contribution in [0.15, 0.2) is 0 Å². The maximum absolute atomic E-state index is 5.96. The lowest BCUT2D eigenvalue weighted by molar-refractivity contribution is -0.0546. The van der Waals surface area contributed by atoms with Crippen LogP contribution >= 0.6 is 0 Å². The Kier molecular flexibility index (Phi) is 5.26. The number of rotatable bonds is 2. The summed E-state index contributed by atoms with van der Waals surface area (Å²) in [7, 11) is 0. The Balaban J connectivity index is 1.86. The van der Waals surface area contributed by atoms with Gasteiger partial charge in [0.05, 0.1) is 12.7 Å². The number of nitrogens with two attached hydrogens (primary N) is 1. The maximum atomic E-state index is 5.96. The molecule has 2 aliphatic rings. The Hall–Kier alpha value is -0.120. The Bertz CT molecular complexity index is 212. The van der Waals surface area contributed by atoms with Crippen molar-refractivity contribution in [2.45, 2.75) is 70.1 Å². The highest BCUT2D eigenvalue weighted by Crippen LogP contribution is 2.23. The second-order valence-electron chi connectivity index (χ2n) is 5.76. The zero-order chi connectivity index (χ0) is 12.1. The molecule has 2 atom stereocenters. The first-order valence-electron chi connectivity index (χ1n) is 7.38. The van der Waals surface area contributed by atoms with E-state index in [1.54, 1.807) is 0 Å². The highest BCUT2D eigenvalue weighted by atomic mass is 16.5. The van der Waals surface area contributed by atoms with Crippen molar-refractivity contribution < 1.29 is 4.74 Å². The zero-order valence-electron chi connectivity index (χ0n) is 11.2. The van der Waals surface area contributed by atoms with Crippen LogP contribution in [0.1, 0.15) is 51.9 Å². The fraction of sp³-hybridized carbons (Fsp3) is 1.00. The van der Waals surface area contributed by atoms with Crippen LogP contribution in [-0.2, 0) is 4.74 Å². The molecule has 0 aromatic heterocycles. The third-order valence-corrected chi connectivity index (χ3v) is 4.30. The molecule has 0 spiro atoms. The van der Waals surface area contributed by atoms with Crippen LogP contribution in [0, 0.1) is 0 Å². The molecule has 1 aliphatic heterocycles. The summed E-state index contributed by atoms with van der Waals surface area (Å²) >= 11 is 0. The molecule has 17 heavy (non-hydrogen) atoms. The second kappa shape index (κ2) is 6.72. The van der Waals surface area contributed by atoms with Crippen molar-refractivity contribution in [3.8, 4) is 0 Å². The third-order valence-electron chi connectivity index (χ3n) is 4.30. The number of nitrogens with zero attached hydrogens (tertiary/aromatic N) is 1. The molecule has 100 valence electrons. The molecule has 0 radical (unpaired) electrons. The second-order valence-corrected chi connectivity index (χ2v) is 5.76. The first-order valence-corrected chi connectivity index (χ1v) is 7.38. The predicted octanol–water partition coefficient (Wildman–Crippen LogP) is 2.15. The zero-order valence-corrected chi connectivity index (χ0v) is 11.2. The summed E-state index contributed by atoms with van der Waals surface area (Å²) in [5.41, 5.74) is 5.96. The summed E-state index contributed by atoms with van der Waals surface area (Å²) in [6, 6.07) is 0.951. The smallest absolute Gasteiger partial charge is 0.0850 e. The quantitative estimate of drug-likeness (QED) is 0.804. The summed E-state index contributed by atoms with van der Waals surface area (Å²) in [4.78, 5) is 2.64. The molecular weight excluding hydrogens is 212 g/mol. The lowest BCUT2D eigenvalue weighted by Gasteiger charge is -2.40. The van der Waals surface area contributed by atoms with Gasteiger partial charge < -0.3 is 10.5 Å². The Morgan fingerprint density at radius 2 is 1.76 bits per heavy atom. The average molecular weight is 240 g/mol. The molecule has 1 aliphatic carbocycles. The van der Waals surface area contributed by atoms with Crippen LogP contribution in [0.3, 0.4) is 0 Å². The van der Waals surface area contributed by atoms with Gasteiger partial charge in [-0.2, -0.15) is 0 Å². The molecular formula is C14H28N2O. The molecule has 3 nitrogen and oxygen atoms in total. The summed E-state index contributed by atoms with van der Waals surface area (Å²) in [5.74, 6) is 0. The van der Waals surface area contributed by atoms with Gasteiger partial charge in [0.25, 0.3) is 0 Å². The van der Waals surface area contributed by atoms with E-state index in [4.69, 9.17) is 10.5 Å². The van der Waals surface area contributed by atoms with Gasteiger partial charge in [-0.15, -0.1) is 0 Å². The van der Waals surface area contributed by atoms with Gasteiger partial charge in [0.2, 0.25) is 0 Å². The number of morpholine rings is 1. The number of hydrogen-bond donors (Lipinski definition) is 1. The van der Waals surface area contributed by atoms with Crippen LogP contribution in [0.2, 0.25) is 0 Å². The van der Waals surface area contributed by atoms with Gasteiger partial charge in [0.15, 0.2) is 0 Å². The molecule has 1 saturated carbocycles. The first-order chi connectivity index (χ1) is 8.27. The van der Waals surface area contributed by atoms with E-state index < -0.39 is 0 Å². The van der Waals surface area contributed by atoms with E-state index in [0.717, 1.165) is 25.7 Å². The van der Waals surface area contributed by atoms with Crippen molar-refractivity contribution >= 4 is 0 Å². The number of ether oxygens (including phenoxy) is 1. The van der Waals surface area contributed by atoms with Crippen molar-refractivity contribution in [2.75, 3.05) is 19.7 Å². The molecule has 2 rings (SSSR count). The Labute approximate surface area is 106 Å². The fourth-order valence-electron chi connectivity index (χ4n) is 3.15. The molecule has 0 aromatic carbocycles. The van der Waals surface area contributed by atoms with Crippen molar-refractivity contribution in [3.05, 3.63) is 0 Å². The van der Waals surface area contributed by atoms with Gasteiger partial charge in [-0.05, 0) is 19.8 Å². The lowest BCUT2D eigenvalue weighted by atomic mass is 9.95. The fourth-order valence-corrected chi connectivity index (χ4v) is 3.15. The van der Waals surface area contributed by atoms with Crippen LogP contribution in [0.5, 0.6) is 0 Å². The molecule has 2 N–H and O–H groups in total. The SMILES string of the molecule is CC(N)C1CN(C2CCCCCCC2)CCO1. The standard InChI is InChI=1S/C14H28N2O/c1-12(15)14-11-16(9-10-17-14)13-7-5-3-2-4-6-8-13/h12-14H,2-11,15H2,1H3. The third kappa shape index (κ3) is 3.94. The topological polar surface area (TPSA) is 38.5 Å². The van der Waals surface area contributed by atoms with Gasteiger partial charge in [-0.3, -0.25) is 4.90 Å². The van der Waals surface area contributed by atoms with Gasteiger partial charge in [0.1, 0.15) is 0 Å². The van der Waals surface area contributed by atoms with E-state index in [9.17, 15) is 0 Å². The van der Waals surface area contributed by atoms with E-state index in [-0.39, 0.29) is 12.1 Å². The minimum absolute atomic E-state index is 0.159. The number of hydrogen-bond acceptors (Lipinski definition) is 3. The molecule has 3 heteroatoms. The highest BCUT2D eigenvalue weighted by molar-refractivity contribution is 4.82. The average Bonchev–Trinajstić information content (AvgIpc) is 2.28. The molecule has 2 fully saturated rings. The van der Waals surface area contributed by atoms with Crippen LogP contribution in [-0.4, -0.2) is 42.8 Å². The molecule has 0 aromatic rings. The lowest BCUT2D eigenvalue weighted by Crippen LogP contribution is -2.52. The van der Waals surface area contributed by atoms with Crippen molar-refractivity contribution in [1.29, 1.82) is 0 Å². The van der Waals surface area contributed by atoms with Crippen molar-refractivity contribution in [3.63, 3.8) is 0 Å². The minimum atomic E-state index is 0.159. The highest BCUT2D eigenvalue weighted by Gasteiger charge is 2.28. The van der Waals surface area contributed by atoms with Crippen molar-refractivity contribution in [1.82, 2.24) is 4.90 Å². The molecule has 1 heterocycles. The normalized spacial score (nSPS) is 31.8. The van der Waals surface area contributed by atoms with Gasteiger partial charge in [-0.1, -0.05) is 32.1 Å². The predicted molar refractivity (Wildman–Crippen MR) is 71.1 cm³/mol. The Morgan fingerprint density at radius 3 is 2.41 bits per heavy atom. The van der Waals surface area contributed by atoms with Crippen molar-refractivity contribution in [2.24, 2.45) is 5.73 Å². The van der Waals surface area contributed by atoms with E-state index in [1.807, 2.05) is 0 Å². The van der Waals surface area contributed by atoms with Gasteiger partial charge >= 0.3 is 0 Å². The van der Waals surface area contributed by atoms with E-state index in [1.165, 1.54) is 44.9 Å². The minimum Gasteiger partial charge on any atom is -0.374 e. The van der Waals surface area contributed by atoms with Gasteiger partial charge in [-0.25, -0.2) is 0 Å². The summed E-state index contributed by atoms with van der Waals surface area (Å²) in [6.07, 6.45) is 10.1. The van der Waals surface area contributed by atoms with Crippen LogP contribution in [0.25, 0.3) is 0 Å². The van der Waals surface area contributed by atoms with E-state index in [2.05, 4.69) is 11.8 Å². The molecule has 0 bridgehead atoms. The molecule has 0 amide bonds. The first kappa shape index (κ1) is 13.3. The maximum Gasteiger partial charge on any atom is 0.0850 e. The molecule has 2 unspecified atom stereocenters. The molecule has 1 saturated heterocycles. The summed E-state index contributed by atoms with van der Waals surface area (Å²) in [6.45, 7) is 5.07. The van der Waals surface area contributed by atoms with Gasteiger partial charge in [0, 0.05) is 25.2 Å². The van der Waals surface area contributed by atoms with E-state index in [0.29, 0.717) is 0 Å². The summed E-state index contributed by atoms with van der Waals surface area (Å²) in [5, 5.41) is 0. The van der Waals surface area contributed by atoms with Crippen LogP contribution < -0.4 is 5.73 Å². The van der Waals surface area contributed by atoms with E-state index >= 15 is 0 Å². The summed E-state index contributed by atoms with van der Waals surface area (Å²) < 4.78 is 5.75. The van der Waals surface area contributed by atoms with Crippen LogP contribution in [0.4, 0.5) is 0 Å². The monoisotopic (exact) mass is 240 g/mol. The Morgan fingerprint density at radius 1 is 1.12 bits per heavy atom.